The van der Waals surface area contributed by atoms with Crippen molar-refractivity contribution < 1.29 is 38.7 Å². The van der Waals surface area contributed by atoms with Crippen LogP contribution in [0.2, 0.25) is 10.0 Å². The summed E-state index contributed by atoms with van der Waals surface area (Å²) in [5, 5.41) is 18.5. The summed E-state index contributed by atoms with van der Waals surface area (Å²) in [6.07, 6.45) is 15.7. The van der Waals surface area contributed by atoms with E-state index in [0.29, 0.717) is 51.3 Å². The van der Waals surface area contributed by atoms with Gasteiger partial charge in [-0.3, -0.25) is 9.59 Å². The van der Waals surface area contributed by atoms with Crippen molar-refractivity contribution in [2.45, 2.75) is 130 Å². The lowest BCUT2D eigenvalue weighted by molar-refractivity contribution is 0.00569. The van der Waals surface area contributed by atoms with E-state index >= 15 is 0 Å². The number of carbonyl (C=O) groups excluding carboxylic acids is 4. The van der Waals surface area contributed by atoms with Crippen molar-refractivity contribution in [2.24, 2.45) is 11.8 Å². The van der Waals surface area contributed by atoms with Gasteiger partial charge < -0.3 is 19.5 Å². The van der Waals surface area contributed by atoms with Crippen LogP contribution in [0.5, 0.6) is 0 Å². The van der Waals surface area contributed by atoms with Crippen molar-refractivity contribution in [3.8, 4) is 0 Å². The van der Waals surface area contributed by atoms with Crippen LogP contribution in [0.15, 0.2) is 77.3 Å². The summed E-state index contributed by atoms with van der Waals surface area (Å²) >= 11 is 15.5. The van der Waals surface area contributed by atoms with Gasteiger partial charge in [-0.05, 0) is 184 Å². The van der Waals surface area contributed by atoms with Crippen molar-refractivity contribution in [2.75, 3.05) is 0 Å². The monoisotopic (exact) mass is 996 g/mol. The maximum Gasteiger partial charge on any atom is 0.489 e. The van der Waals surface area contributed by atoms with Crippen LogP contribution in [0.1, 0.15) is 175 Å². The minimum Gasteiger partial charge on any atom is -0.456 e. The lowest BCUT2D eigenvalue weighted by Gasteiger charge is -2.25. The van der Waals surface area contributed by atoms with Crippen molar-refractivity contribution in [3.05, 3.63) is 137 Å². The van der Waals surface area contributed by atoms with Gasteiger partial charge in [0, 0.05) is 32.1 Å². The number of aldehydes is 2. The van der Waals surface area contributed by atoms with E-state index < -0.39 is 18.3 Å². The molecule has 0 unspecified atom stereocenters. The van der Waals surface area contributed by atoms with Crippen molar-refractivity contribution in [3.63, 3.8) is 0 Å². The van der Waals surface area contributed by atoms with E-state index in [-0.39, 0.29) is 23.0 Å². The SMILES string of the molecule is CC(C)(C)OC(=O)c1ccc2c(c1)CC(Br)=C2C1CCCCC1.CC(C)(C)OC(=O)c1ccc2c(c1)CC(c1ccc(Cl)cc1C=O)=C2C1CCCCC1.O=Cc1cc(Cl)ccc1B(O)O. The van der Waals surface area contributed by atoms with Crippen LogP contribution in [-0.4, -0.2) is 52.9 Å². The van der Waals surface area contributed by atoms with Crippen LogP contribution in [-0.2, 0) is 22.3 Å². The lowest BCUT2D eigenvalue weighted by atomic mass is 9.77. The zero-order valence-corrected chi connectivity index (χ0v) is 41.9. The molecule has 4 aliphatic carbocycles. The Morgan fingerprint density at radius 1 is 0.606 bits per heavy atom. The molecule has 0 amide bonds. The van der Waals surface area contributed by atoms with Crippen LogP contribution in [0.3, 0.4) is 0 Å². The summed E-state index contributed by atoms with van der Waals surface area (Å²) in [6.45, 7) is 11.3. The number of ether oxygens (including phenoxy) is 2. The van der Waals surface area contributed by atoms with Crippen LogP contribution >= 0.6 is 39.1 Å². The number of benzene rings is 4. The molecular weight excluding hydrogens is 938 g/mol. The zero-order valence-electron chi connectivity index (χ0n) is 38.8. The molecule has 348 valence electrons. The Morgan fingerprint density at radius 3 is 1.53 bits per heavy atom. The summed E-state index contributed by atoms with van der Waals surface area (Å²) < 4.78 is 12.4. The molecule has 4 aromatic carbocycles. The molecule has 8 nitrogen and oxygen atoms in total. The van der Waals surface area contributed by atoms with E-state index in [1.54, 1.807) is 6.07 Å². The summed E-state index contributed by atoms with van der Waals surface area (Å²) in [4.78, 5) is 47.1. The largest absolute Gasteiger partial charge is 0.489 e. The number of allylic oxidation sites excluding steroid dienone is 4. The highest BCUT2D eigenvalue weighted by molar-refractivity contribution is 9.11. The Labute approximate surface area is 408 Å². The lowest BCUT2D eigenvalue weighted by Crippen LogP contribution is -2.32. The zero-order chi connectivity index (χ0) is 47.9. The molecule has 0 radical (unpaired) electrons. The standard InChI is InChI=1S/C27H29ClO3.C20H25BrO2.C7H6BClO3/c1-27(2,3)31-26(30)18-9-11-23-19(13-18)15-24(25(23)17-7-5-4-6-8-17)22-12-10-21(28)14-20(22)16-29;1-20(2,3)23-19(22)14-9-10-16-15(11-14)12-17(21)18(16)13-7-5-4-6-8-13;9-6-1-2-7(8(11)12)5(3-6)4-10/h9-14,16-17H,4-8,15H2,1-3H3;9-11,13H,4-8,12H2,1-3H3;1-4,11-12H. The Morgan fingerprint density at radius 2 is 1.05 bits per heavy atom. The Kier molecular flexibility index (Phi) is 17.2. The average Bonchev–Trinajstić information content (AvgIpc) is 3.82. The van der Waals surface area contributed by atoms with E-state index in [9.17, 15) is 19.2 Å². The topological polar surface area (TPSA) is 127 Å². The second kappa shape index (κ2) is 22.2. The first kappa shape index (κ1) is 51.1. The van der Waals surface area contributed by atoms with Gasteiger partial charge in [-0.25, -0.2) is 9.59 Å². The van der Waals surface area contributed by atoms with E-state index in [1.807, 2.05) is 77.9 Å². The second-order valence-electron chi connectivity index (χ2n) is 19.6. The molecule has 0 bridgehead atoms. The first-order valence-corrected chi connectivity index (χ1v) is 24.5. The third-order valence-electron chi connectivity index (χ3n) is 12.3. The van der Waals surface area contributed by atoms with Crippen LogP contribution in [0.4, 0.5) is 0 Å². The molecule has 0 aliphatic heterocycles. The van der Waals surface area contributed by atoms with Gasteiger partial charge in [0.05, 0.1) is 11.1 Å². The minimum atomic E-state index is -1.64. The minimum absolute atomic E-state index is 0.161. The van der Waals surface area contributed by atoms with Gasteiger partial charge in [0.1, 0.15) is 17.5 Å². The molecular formula is C54H60BBrCl2O8. The van der Waals surface area contributed by atoms with Gasteiger partial charge in [-0.2, -0.15) is 0 Å². The first-order valence-electron chi connectivity index (χ1n) is 23.0. The summed E-state index contributed by atoms with van der Waals surface area (Å²) in [6, 6.07) is 21.8. The fraction of sp³-hybridized carbons (Fsp3) is 0.407. The highest BCUT2D eigenvalue weighted by atomic mass is 79.9. The van der Waals surface area contributed by atoms with Gasteiger partial charge >= 0.3 is 19.1 Å². The van der Waals surface area contributed by atoms with E-state index in [0.717, 1.165) is 36.7 Å². The highest BCUT2D eigenvalue weighted by Gasteiger charge is 2.32. The molecule has 66 heavy (non-hydrogen) atoms. The number of halogens is 3. The van der Waals surface area contributed by atoms with Gasteiger partial charge in [0.2, 0.25) is 0 Å². The van der Waals surface area contributed by atoms with Gasteiger partial charge in [-0.15, -0.1) is 0 Å². The molecule has 4 aromatic rings. The fourth-order valence-electron chi connectivity index (χ4n) is 9.51. The highest BCUT2D eigenvalue weighted by Crippen LogP contribution is 2.48. The van der Waals surface area contributed by atoms with Crippen LogP contribution < -0.4 is 5.46 Å². The molecule has 2 saturated carbocycles. The molecule has 0 aromatic heterocycles. The van der Waals surface area contributed by atoms with Crippen molar-refractivity contribution in [1.82, 2.24) is 0 Å². The third-order valence-corrected chi connectivity index (χ3v) is 13.5. The maximum atomic E-state index is 12.6. The molecule has 12 heteroatoms. The van der Waals surface area contributed by atoms with Gasteiger partial charge in [0.25, 0.3) is 0 Å². The van der Waals surface area contributed by atoms with E-state index in [2.05, 4.69) is 28.1 Å². The van der Waals surface area contributed by atoms with Crippen LogP contribution in [0.25, 0.3) is 16.7 Å². The van der Waals surface area contributed by atoms with Crippen LogP contribution in [0, 0.1) is 11.8 Å². The molecule has 2 fully saturated rings. The van der Waals surface area contributed by atoms with Gasteiger partial charge in [-0.1, -0.05) is 102 Å². The predicted octanol–water partition coefficient (Wildman–Crippen LogP) is 12.9. The summed E-state index contributed by atoms with van der Waals surface area (Å²) in [5.41, 5.74) is 11.1. The second-order valence-corrected chi connectivity index (χ2v) is 21.4. The Bertz CT molecular complexity index is 2520. The predicted molar refractivity (Wildman–Crippen MR) is 270 cm³/mol. The quantitative estimate of drug-likeness (QED) is 0.102. The number of esters is 2. The maximum absolute atomic E-state index is 12.6. The third kappa shape index (κ3) is 13.0. The number of carbonyl (C=O) groups is 4. The van der Waals surface area contributed by atoms with E-state index in [4.69, 9.17) is 42.7 Å². The molecule has 4 aliphatic rings. The normalized spacial score (nSPS) is 16.3. The number of fused-ring (bicyclic) bond motifs is 2. The average molecular weight is 999 g/mol. The fourth-order valence-corrected chi connectivity index (χ4v) is 10.7. The smallest absolute Gasteiger partial charge is 0.456 e. The number of hydrogen-bond donors (Lipinski definition) is 2. The van der Waals surface area contributed by atoms with Crippen molar-refractivity contribution in [1.29, 1.82) is 0 Å². The van der Waals surface area contributed by atoms with Gasteiger partial charge in [0.15, 0.2) is 6.29 Å². The summed E-state index contributed by atoms with van der Waals surface area (Å²) in [5.74, 6) is 0.616. The molecule has 8 rings (SSSR count). The van der Waals surface area contributed by atoms with Crippen molar-refractivity contribution >= 4 is 92.9 Å². The molecule has 0 atom stereocenters. The number of hydrogen-bond acceptors (Lipinski definition) is 8. The molecule has 2 N–H and O–H groups in total. The Hall–Kier alpha value is -4.32. The first-order chi connectivity index (χ1) is 31.3. The van der Waals surface area contributed by atoms with E-state index in [1.165, 1.54) is 107 Å². The summed E-state index contributed by atoms with van der Waals surface area (Å²) in [7, 11) is -1.64. The molecule has 0 saturated heterocycles. The number of rotatable bonds is 8. The molecule has 0 heterocycles. The molecule has 0 spiro atoms. The Balaban J connectivity index is 0.000000180.